The first-order valence-corrected chi connectivity index (χ1v) is 10.1. The fraction of sp³-hybridized carbons (Fsp3) is 0.273. The van der Waals surface area contributed by atoms with E-state index in [9.17, 15) is 22.8 Å². The van der Waals surface area contributed by atoms with E-state index >= 15 is 0 Å². The average Bonchev–Trinajstić information content (AvgIpc) is 3.29. The molecule has 1 aromatic heterocycles. The molecule has 0 bridgehead atoms. The number of alkyl halides is 3. The average molecular weight is 459 g/mol. The molecule has 1 atom stereocenters. The second-order valence-corrected chi connectivity index (χ2v) is 7.51. The second-order valence-electron chi connectivity index (χ2n) is 7.51. The summed E-state index contributed by atoms with van der Waals surface area (Å²) in [5.41, 5.74) is 1.84. The fourth-order valence-corrected chi connectivity index (χ4v) is 3.72. The van der Waals surface area contributed by atoms with Gasteiger partial charge in [-0.1, -0.05) is 35.1 Å². The Bertz CT molecular complexity index is 1100. The fourth-order valence-electron chi connectivity index (χ4n) is 3.72. The topological polar surface area (TPSA) is 80.6 Å². The number of hydrogen-bond donors (Lipinski definition) is 0. The number of hydrogen-bond acceptors (Lipinski definition) is 5. The van der Waals surface area contributed by atoms with E-state index < -0.39 is 12.4 Å². The predicted molar refractivity (Wildman–Crippen MR) is 111 cm³/mol. The largest absolute Gasteiger partial charge is 0.573 e. The number of nitrogens with zero attached hydrogens (tertiary/aromatic N) is 5. The maximum Gasteiger partial charge on any atom is 0.573 e. The van der Waals surface area contributed by atoms with Gasteiger partial charge in [0.05, 0.1) is 12.2 Å². The number of amides is 2. The lowest BCUT2D eigenvalue weighted by Crippen LogP contribution is -2.56. The summed E-state index contributed by atoms with van der Waals surface area (Å²) in [5.74, 6) is -0.355. The molecule has 0 aliphatic carbocycles. The Morgan fingerprint density at radius 1 is 1.09 bits per heavy atom. The number of ether oxygens (including phenoxy) is 1. The highest BCUT2D eigenvalue weighted by Crippen LogP contribution is 2.25. The van der Waals surface area contributed by atoms with E-state index in [1.165, 1.54) is 18.3 Å². The third-order valence-corrected chi connectivity index (χ3v) is 5.27. The number of piperazine rings is 1. The number of carbonyl (C=O) groups excluding carboxylic acids is 2. The monoisotopic (exact) mass is 459 g/mol. The molecule has 0 saturated carbocycles. The van der Waals surface area contributed by atoms with Crippen LogP contribution in [0.3, 0.4) is 0 Å². The molecule has 172 valence electrons. The van der Waals surface area contributed by atoms with Crippen LogP contribution in [0.4, 0.5) is 18.0 Å². The molecule has 0 radical (unpaired) electrons. The smallest absolute Gasteiger partial charge is 0.406 e. The summed E-state index contributed by atoms with van der Waals surface area (Å²) in [4.78, 5) is 28.7. The first kappa shape index (κ1) is 22.3. The molecule has 2 aromatic carbocycles. The molecule has 8 nitrogen and oxygen atoms in total. The van der Waals surface area contributed by atoms with Gasteiger partial charge in [0.15, 0.2) is 0 Å². The van der Waals surface area contributed by atoms with Crippen molar-refractivity contribution in [1.29, 1.82) is 0 Å². The summed E-state index contributed by atoms with van der Waals surface area (Å²) in [7, 11) is 0. The van der Waals surface area contributed by atoms with Crippen molar-refractivity contribution in [3.05, 3.63) is 66.4 Å². The SMILES string of the molecule is O=CN1CCN(C(=O)n2ncc(-c3ccc(OC(F)(F)F)cc3)n2)C(Cc2ccccc2)C1. The second kappa shape index (κ2) is 9.31. The van der Waals surface area contributed by atoms with Gasteiger partial charge in [0.2, 0.25) is 6.41 Å². The molecule has 1 fully saturated rings. The standard InChI is InChI=1S/C22H20F3N5O3/c23-22(24,25)33-19-8-6-17(7-9-19)20-13-26-30(27-20)21(32)29-11-10-28(15-31)14-18(29)12-16-4-2-1-3-5-16/h1-9,13,15,18H,10-12,14H2. The molecule has 1 saturated heterocycles. The van der Waals surface area contributed by atoms with Crippen LogP contribution in [0.25, 0.3) is 11.3 Å². The zero-order valence-electron chi connectivity index (χ0n) is 17.4. The third kappa shape index (κ3) is 5.48. The van der Waals surface area contributed by atoms with Gasteiger partial charge in [-0.15, -0.1) is 18.3 Å². The normalized spacial score (nSPS) is 16.5. The number of rotatable bonds is 5. The van der Waals surface area contributed by atoms with Crippen LogP contribution >= 0.6 is 0 Å². The number of benzene rings is 2. The highest BCUT2D eigenvalue weighted by molar-refractivity contribution is 5.76. The van der Waals surface area contributed by atoms with Crippen molar-refractivity contribution in [1.82, 2.24) is 24.8 Å². The lowest BCUT2D eigenvalue weighted by molar-refractivity contribution is -0.274. The van der Waals surface area contributed by atoms with Crippen LogP contribution in [0.5, 0.6) is 5.75 Å². The van der Waals surface area contributed by atoms with Crippen molar-refractivity contribution >= 4 is 12.4 Å². The number of halogens is 3. The maximum atomic E-state index is 13.2. The van der Waals surface area contributed by atoms with Gasteiger partial charge in [-0.25, -0.2) is 4.79 Å². The van der Waals surface area contributed by atoms with Gasteiger partial charge in [-0.2, -0.15) is 5.10 Å². The van der Waals surface area contributed by atoms with E-state index in [1.54, 1.807) is 9.80 Å². The lowest BCUT2D eigenvalue weighted by Gasteiger charge is -2.39. The first-order valence-electron chi connectivity index (χ1n) is 10.1. The van der Waals surface area contributed by atoms with Crippen LogP contribution in [0.2, 0.25) is 0 Å². The van der Waals surface area contributed by atoms with E-state index in [2.05, 4.69) is 14.9 Å². The molecule has 4 rings (SSSR count). The van der Waals surface area contributed by atoms with Crippen molar-refractivity contribution in [2.75, 3.05) is 19.6 Å². The Morgan fingerprint density at radius 3 is 2.48 bits per heavy atom. The predicted octanol–water partition coefficient (Wildman–Crippen LogP) is 3.20. The van der Waals surface area contributed by atoms with Crippen LogP contribution < -0.4 is 4.74 Å². The molecule has 0 N–H and O–H groups in total. The van der Waals surface area contributed by atoms with Crippen molar-refractivity contribution in [3.8, 4) is 17.0 Å². The summed E-state index contributed by atoms with van der Waals surface area (Å²) in [6, 6.07) is 14.1. The van der Waals surface area contributed by atoms with Crippen molar-refractivity contribution in [2.45, 2.75) is 18.8 Å². The van der Waals surface area contributed by atoms with E-state index in [4.69, 9.17) is 0 Å². The quantitative estimate of drug-likeness (QED) is 0.548. The minimum absolute atomic E-state index is 0.257. The molecular formula is C22H20F3N5O3. The van der Waals surface area contributed by atoms with Crippen molar-refractivity contribution in [2.24, 2.45) is 0 Å². The van der Waals surface area contributed by atoms with Gasteiger partial charge in [0.1, 0.15) is 11.4 Å². The first-order chi connectivity index (χ1) is 15.8. The zero-order chi connectivity index (χ0) is 23.4. The minimum atomic E-state index is -4.78. The molecule has 1 aliphatic heterocycles. The molecule has 11 heteroatoms. The highest BCUT2D eigenvalue weighted by Gasteiger charge is 2.32. The number of aromatic nitrogens is 3. The molecule has 1 unspecified atom stereocenters. The van der Waals surface area contributed by atoms with E-state index in [-0.39, 0.29) is 11.8 Å². The summed E-state index contributed by atoms with van der Waals surface area (Å²) < 4.78 is 40.9. The van der Waals surface area contributed by atoms with Crippen LogP contribution in [0.1, 0.15) is 5.56 Å². The molecule has 0 spiro atoms. The van der Waals surface area contributed by atoms with Gasteiger partial charge in [-0.05, 0) is 36.2 Å². The molecular weight excluding hydrogens is 439 g/mol. The summed E-state index contributed by atoms with van der Waals surface area (Å²) in [6.07, 6.45) is -2.07. The molecule has 2 amide bonds. The van der Waals surface area contributed by atoms with Crippen LogP contribution in [0.15, 0.2) is 60.8 Å². The van der Waals surface area contributed by atoms with Crippen molar-refractivity contribution in [3.63, 3.8) is 0 Å². The van der Waals surface area contributed by atoms with Crippen molar-refractivity contribution < 1.29 is 27.5 Å². The van der Waals surface area contributed by atoms with E-state index in [0.29, 0.717) is 37.3 Å². The van der Waals surface area contributed by atoms with Gasteiger partial charge in [0, 0.05) is 25.2 Å². The Balaban J connectivity index is 1.50. The Hall–Kier alpha value is -3.89. The lowest BCUT2D eigenvalue weighted by atomic mass is 10.0. The Kier molecular flexibility index (Phi) is 6.29. The van der Waals surface area contributed by atoms with Gasteiger partial charge < -0.3 is 14.5 Å². The van der Waals surface area contributed by atoms with E-state index in [0.717, 1.165) is 28.9 Å². The van der Waals surface area contributed by atoms with Crippen LogP contribution in [0, 0.1) is 0 Å². The maximum absolute atomic E-state index is 13.2. The third-order valence-electron chi connectivity index (χ3n) is 5.27. The Morgan fingerprint density at radius 2 is 1.82 bits per heavy atom. The van der Waals surface area contributed by atoms with Gasteiger partial charge in [0.25, 0.3) is 0 Å². The minimum Gasteiger partial charge on any atom is -0.406 e. The molecule has 3 aromatic rings. The summed E-state index contributed by atoms with van der Waals surface area (Å²) in [6.45, 7) is 1.11. The Labute approximate surface area is 187 Å². The summed E-state index contributed by atoms with van der Waals surface area (Å²) >= 11 is 0. The van der Waals surface area contributed by atoms with Gasteiger partial charge >= 0.3 is 12.4 Å². The highest BCUT2D eigenvalue weighted by atomic mass is 19.4. The zero-order valence-corrected chi connectivity index (χ0v) is 17.4. The van der Waals surface area contributed by atoms with Gasteiger partial charge in [-0.3, -0.25) is 4.79 Å². The molecule has 2 heterocycles. The van der Waals surface area contributed by atoms with Crippen LogP contribution in [-0.2, 0) is 11.2 Å². The number of carbonyl (C=O) groups is 2. The summed E-state index contributed by atoms with van der Waals surface area (Å²) in [5, 5.41) is 8.26. The van der Waals surface area contributed by atoms with E-state index in [1.807, 2.05) is 30.3 Å². The van der Waals surface area contributed by atoms with Crippen LogP contribution in [-0.4, -0.2) is 69.3 Å². The molecule has 1 aliphatic rings. The molecule has 33 heavy (non-hydrogen) atoms.